The Hall–Kier alpha value is -1.90. The average Bonchev–Trinajstić information content (AvgIpc) is 2.79. The maximum Gasteiger partial charge on any atom is 0.191 e. The van der Waals surface area contributed by atoms with Crippen LogP contribution in [0.1, 0.15) is 13.8 Å². The first kappa shape index (κ1) is 22.8. The second-order valence-electron chi connectivity index (χ2n) is 7.95. The second kappa shape index (κ2) is 12.1. The molecule has 1 aromatic rings. The maximum atomic E-state index is 13.1. The Kier molecular flexibility index (Phi) is 9.17. The summed E-state index contributed by atoms with van der Waals surface area (Å²) in [5.41, 5.74) is 1.10. The molecule has 2 fully saturated rings. The van der Waals surface area contributed by atoms with Crippen LogP contribution in [-0.4, -0.2) is 100 Å². The Morgan fingerprint density at radius 3 is 2.43 bits per heavy atom. The summed E-state index contributed by atoms with van der Waals surface area (Å²) in [5.74, 6) is 0.712. The molecule has 0 bridgehead atoms. The molecule has 2 saturated heterocycles. The van der Waals surface area contributed by atoms with E-state index in [2.05, 4.69) is 39.2 Å². The van der Waals surface area contributed by atoms with Crippen LogP contribution in [0, 0.1) is 5.82 Å². The number of nitrogens with zero attached hydrogens (tertiary/aromatic N) is 4. The molecule has 1 unspecified atom stereocenters. The van der Waals surface area contributed by atoms with Crippen LogP contribution >= 0.6 is 0 Å². The molecule has 0 radical (unpaired) electrons. The number of nitrogens with one attached hydrogen (secondary N) is 2. The fourth-order valence-corrected chi connectivity index (χ4v) is 3.91. The van der Waals surface area contributed by atoms with Crippen LogP contribution in [0.15, 0.2) is 29.3 Å². The molecule has 2 aliphatic rings. The molecule has 0 spiro atoms. The van der Waals surface area contributed by atoms with E-state index in [9.17, 15) is 4.39 Å². The van der Waals surface area contributed by atoms with Crippen molar-refractivity contribution in [3.05, 3.63) is 30.1 Å². The van der Waals surface area contributed by atoms with E-state index in [1.165, 1.54) is 12.1 Å². The topological polar surface area (TPSA) is 55.4 Å². The van der Waals surface area contributed by atoms with E-state index in [-0.39, 0.29) is 5.82 Å². The van der Waals surface area contributed by atoms with Gasteiger partial charge in [0.1, 0.15) is 5.82 Å². The standard InChI is InChI=1S/C22H37FN6O/c1-3-24-22(26-18-19(2)28-14-16-30-17-15-28)25-8-9-27-10-12-29(13-11-27)21-6-4-20(23)5-7-21/h4-7,19H,3,8-18H2,1-2H3,(H2,24,25,26). The molecule has 8 heteroatoms. The maximum absolute atomic E-state index is 13.1. The van der Waals surface area contributed by atoms with Crippen molar-refractivity contribution in [2.45, 2.75) is 19.9 Å². The van der Waals surface area contributed by atoms with Gasteiger partial charge in [-0.15, -0.1) is 0 Å². The Labute approximate surface area is 180 Å². The molecule has 168 valence electrons. The predicted molar refractivity (Wildman–Crippen MR) is 121 cm³/mol. The zero-order chi connectivity index (χ0) is 21.2. The Balaban J connectivity index is 1.37. The Bertz CT molecular complexity index is 642. The van der Waals surface area contributed by atoms with Gasteiger partial charge in [0.15, 0.2) is 5.96 Å². The molecule has 7 nitrogen and oxygen atoms in total. The summed E-state index contributed by atoms with van der Waals surface area (Å²) in [7, 11) is 0. The van der Waals surface area contributed by atoms with Gasteiger partial charge in [0.05, 0.1) is 19.8 Å². The number of hydrogen-bond donors (Lipinski definition) is 2. The number of benzene rings is 1. The third-order valence-corrected chi connectivity index (χ3v) is 5.81. The fourth-order valence-electron chi connectivity index (χ4n) is 3.91. The second-order valence-corrected chi connectivity index (χ2v) is 7.95. The molecule has 2 aliphatic heterocycles. The van der Waals surface area contributed by atoms with Gasteiger partial charge in [-0.3, -0.25) is 14.8 Å². The molecule has 0 amide bonds. The third kappa shape index (κ3) is 7.11. The van der Waals surface area contributed by atoms with Gasteiger partial charge < -0.3 is 20.3 Å². The van der Waals surface area contributed by atoms with Gasteiger partial charge in [0.2, 0.25) is 0 Å². The van der Waals surface area contributed by atoms with Crippen LogP contribution in [0.5, 0.6) is 0 Å². The summed E-state index contributed by atoms with van der Waals surface area (Å²) in [6.45, 7) is 15.4. The number of rotatable bonds is 8. The lowest BCUT2D eigenvalue weighted by Crippen LogP contribution is -2.49. The Morgan fingerprint density at radius 2 is 1.77 bits per heavy atom. The van der Waals surface area contributed by atoms with Crippen LogP contribution in [0.4, 0.5) is 10.1 Å². The third-order valence-electron chi connectivity index (χ3n) is 5.81. The normalized spacial score (nSPS) is 20.2. The van der Waals surface area contributed by atoms with E-state index >= 15 is 0 Å². The number of ether oxygens (including phenoxy) is 1. The van der Waals surface area contributed by atoms with Gasteiger partial charge in [-0.2, -0.15) is 0 Å². The molecule has 1 atom stereocenters. The summed E-state index contributed by atoms with van der Waals surface area (Å²) in [6, 6.07) is 7.22. The number of piperazine rings is 1. The van der Waals surface area contributed by atoms with E-state index in [1.54, 1.807) is 0 Å². The highest BCUT2D eigenvalue weighted by atomic mass is 19.1. The van der Waals surface area contributed by atoms with Crippen LogP contribution in [0.3, 0.4) is 0 Å². The van der Waals surface area contributed by atoms with Crippen molar-refractivity contribution in [2.24, 2.45) is 4.99 Å². The Morgan fingerprint density at radius 1 is 1.07 bits per heavy atom. The van der Waals surface area contributed by atoms with Gasteiger partial charge in [-0.1, -0.05) is 0 Å². The lowest BCUT2D eigenvalue weighted by Gasteiger charge is -2.36. The highest BCUT2D eigenvalue weighted by Gasteiger charge is 2.18. The SMILES string of the molecule is CCNC(=NCC(C)N1CCOCC1)NCCN1CCN(c2ccc(F)cc2)CC1. The number of anilines is 1. The van der Waals surface area contributed by atoms with Crippen LogP contribution in [0.25, 0.3) is 0 Å². The molecule has 0 saturated carbocycles. The molecular formula is C22H37FN6O. The van der Waals surface area contributed by atoms with Crippen LogP contribution < -0.4 is 15.5 Å². The minimum absolute atomic E-state index is 0.180. The minimum atomic E-state index is -0.180. The highest BCUT2D eigenvalue weighted by molar-refractivity contribution is 5.79. The van der Waals surface area contributed by atoms with E-state index < -0.39 is 0 Å². The zero-order valence-electron chi connectivity index (χ0n) is 18.4. The van der Waals surface area contributed by atoms with Gasteiger partial charge in [0, 0.05) is 70.6 Å². The first-order valence-corrected chi connectivity index (χ1v) is 11.2. The van der Waals surface area contributed by atoms with Gasteiger partial charge >= 0.3 is 0 Å². The van der Waals surface area contributed by atoms with Crippen molar-refractivity contribution >= 4 is 11.6 Å². The molecule has 30 heavy (non-hydrogen) atoms. The number of guanidine groups is 1. The quantitative estimate of drug-likeness (QED) is 0.487. The van der Waals surface area contributed by atoms with Gasteiger partial charge in [0.25, 0.3) is 0 Å². The smallest absolute Gasteiger partial charge is 0.191 e. The number of aliphatic imine (C=N–C) groups is 1. The largest absolute Gasteiger partial charge is 0.379 e. The van der Waals surface area contributed by atoms with Crippen LogP contribution in [-0.2, 0) is 4.74 Å². The lowest BCUT2D eigenvalue weighted by molar-refractivity contribution is 0.0220. The molecule has 0 aliphatic carbocycles. The number of morpholine rings is 1. The lowest BCUT2D eigenvalue weighted by atomic mass is 10.2. The van der Waals surface area contributed by atoms with Crippen molar-refractivity contribution in [3.8, 4) is 0 Å². The average molecular weight is 421 g/mol. The first-order chi connectivity index (χ1) is 14.7. The van der Waals surface area contributed by atoms with E-state index in [0.717, 1.165) is 90.3 Å². The first-order valence-electron chi connectivity index (χ1n) is 11.2. The van der Waals surface area contributed by atoms with E-state index in [4.69, 9.17) is 9.73 Å². The molecular weight excluding hydrogens is 383 g/mol. The number of halogens is 1. The van der Waals surface area contributed by atoms with Crippen molar-refractivity contribution in [3.63, 3.8) is 0 Å². The van der Waals surface area contributed by atoms with Crippen molar-refractivity contribution < 1.29 is 9.13 Å². The van der Waals surface area contributed by atoms with E-state index in [1.807, 2.05) is 12.1 Å². The predicted octanol–water partition coefficient (Wildman–Crippen LogP) is 1.22. The molecule has 1 aromatic carbocycles. The van der Waals surface area contributed by atoms with Gasteiger partial charge in [-0.05, 0) is 38.1 Å². The number of hydrogen-bond acceptors (Lipinski definition) is 5. The summed E-state index contributed by atoms with van der Waals surface area (Å²) in [4.78, 5) is 12.0. The molecule has 3 rings (SSSR count). The molecule has 2 N–H and O–H groups in total. The minimum Gasteiger partial charge on any atom is -0.379 e. The highest BCUT2D eigenvalue weighted by Crippen LogP contribution is 2.16. The fraction of sp³-hybridized carbons (Fsp3) is 0.682. The molecule has 0 aromatic heterocycles. The van der Waals surface area contributed by atoms with E-state index in [0.29, 0.717) is 6.04 Å². The van der Waals surface area contributed by atoms with Crippen molar-refractivity contribution in [1.29, 1.82) is 0 Å². The summed E-state index contributed by atoms with van der Waals surface area (Å²) in [5, 5.41) is 6.82. The summed E-state index contributed by atoms with van der Waals surface area (Å²) >= 11 is 0. The monoisotopic (exact) mass is 420 g/mol. The zero-order valence-corrected chi connectivity index (χ0v) is 18.4. The van der Waals surface area contributed by atoms with Crippen molar-refractivity contribution in [1.82, 2.24) is 20.4 Å². The van der Waals surface area contributed by atoms with Crippen LogP contribution in [0.2, 0.25) is 0 Å². The summed E-state index contributed by atoms with van der Waals surface area (Å²) in [6.07, 6.45) is 0. The van der Waals surface area contributed by atoms with Gasteiger partial charge in [-0.25, -0.2) is 4.39 Å². The summed E-state index contributed by atoms with van der Waals surface area (Å²) < 4.78 is 18.5. The van der Waals surface area contributed by atoms with Crippen molar-refractivity contribution in [2.75, 3.05) is 83.6 Å². The molecule has 2 heterocycles.